The predicted octanol–water partition coefficient (Wildman–Crippen LogP) is 4.44. The minimum absolute atomic E-state index is 0.000681. The Morgan fingerprint density at radius 1 is 0.960 bits per heavy atom. The Hall–Kier alpha value is -3.47. The molecule has 0 saturated heterocycles. The summed E-state index contributed by atoms with van der Waals surface area (Å²) in [6, 6.07) is 17.5. The normalized spacial score (nSPS) is 10.3. The molecule has 0 fully saturated rings. The number of hydrogen-bond donors (Lipinski definition) is 1. The van der Waals surface area contributed by atoms with Gasteiger partial charge in [0.2, 0.25) is 5.88 Å². The van der Waals surface area contributed by atoms with Crippen LogP contribution in [0.25, 0.3) is 11.1 Å². The van der Waals surface area contributed by atoms with Gasteiger partial charge >= 0.3 is 5.97 Å². The van der Waals surface area contributed by atoms with E-state index in [9.17, 15) is 9.59 Å². The van der Waals surface area contributed by atoms with E-state index in [2.05, 4.69) is 4.98 Å². The van der Waals surface area contributed by atoms with Gasteiger partial charge < -0.3 is 9.84 Å². The molecule has 5 nitrogen and oxygen atoms in total. The van der Waals surface area contributed by atoms with E-state index >= 15 is 0 Å². The first-order valence-corrected chi connectivity index (χ1v) is 7.62. The van der Waals surface area contributed by atoms with Gasteiger partial charge in [-0.25, -0.2) is 9.78 Å². The second-order valence-electron chi connectivity index (χ2n) is 5.42. The number of rotatable bonds is 5. The number of pyridine rings is 1. The molecule has 0 saturated carbocycles. The highest BCUT2D eigenvalue weighted by molar-refractivity contribution is 5.95. The molecule has 1 aromatic heterocycles. The third-order valence-electron chi connectivity index (χ3n) is 3.67. The molecule has 0 spiro atoms. The number of benzene rings is 2. The summed E-state index contributed by atoms with van der Waals surface area (Å²) in [4.78, 5) is 26.7. The summed E-state index contributed by atoms with van der Waals surface area (Å²) in [5, 5.41) is 9.16. The molecule has 0 aliphatic carbocycles. The molecule has 124 valence electrons. The zero-order valence-corrected chi connectivity index (χ0v) is 13.5. The number of carbonyl (C=O) groups excluding carboxylic acids is 1. The van der Waals surface area contributed by atoms with Gasteiger partial charge in [-0.2, -0.15) is 0 Å². The topological polar surface area (TPSA) is 76.5 Å². The molecule has 0 amide bonds. The maximum absolute atomic E-state index is 11.5. The van der Waals surface area contributed by atoms with Crippen LogP contribution in [0, 0.1) is 0 Å². The Labute approximate surface area is 144 Å². The van der Waals surface area contributed by atoms with Crippen molar-refractivity contribution in [1.29, 1.82) is 0 Å². The first-order valence-electron chi connectivity index (χ1n) is 7.62. The van der Waals surface area contributed by atoms with E-state index in [1.165, 1.54) is 19.2 Å². The van der Waals surface area contributed by atoms with Gasteiger partial charge in [0.15, 0.2) is 5.78 Å². The van der Waals surface area contributed by atoms with Crippen molar-refractivity contribution in [3.8, 4) is 22.8 Å². The lowest BCUT2D eigenvalue weighted by Crippen LogP contribution is -2.01. The number of ether oxygens (including phenoxy) is 1. The standard InChI is InChI=1S/C20H15NO4/c1-13(22)15-4-2-5-16(12-15)14-7-9-17(10-8-14)25-19-18(20(23)24)6-3-11-21-19/h2-12H,1H3,(H,23,24). The van der Waals surface area contributed by atoms with Crippen LogP contribution in [0.15, 0.2) is 66.9 Å². The molecular formula is C20H15NO4. The van der Waals surface area contributed by atoms with Gasteiger partial charge in [0, 0.05) is 11.8 Å². The number of Topliss-reactive ketones (excluding diaryl/α,β-unsaturated/α-hetero) is 1. The molecule has 3 aromatic rings. The van der Waals surface area contributed by atoms with Gasteiger partial charge in [-0.05, 0) is 48.4 Å². The van der Waals surface area contributed by atoms with Crippen molar-refractivity contribution in [2.75, 3.05) is 0 Å². The van der Waals surface area contributed by atoms with Crippen LogP contribution >= 0.6 is 0 Å². The lowest BCUT2D eigenvalue weighted by Gasteiger charge is -2.08. The third kappa shape index (κ3) is 3.72. The maximum Gasteiger partial charge on any atom is 0.341 e. The van der Waals surface area contributed by atoms with E-state index in [1.807, 2.05) is 30.3 Å². The van der Waals surface area contributed by atoms with Gasteiger partial charge in [0.05, 0.1) is 0 Å². The van der Waals surface area contributed by atoms with Crippen molar-refractivity contribution in [1.82, 2.24) is 4.98 Å². The van der Waals surface area contributed by atoms with Crippen molar-refractivity contribution < 1.29 is 19.4 Å². The van der Waals surface area contributed by atoms with E-state index in [0.29, 0.717) is 11.3 Å². The van der Waals surface area contributed by atoms with E-state index in [-0.39, 0.29) is 17.2 Å². The molecule has 25 heavy (non-hydrogen) atoms. The molecular weight excluding hydrogens is 318 g/mol. The number of hydrogen-bond acceptors (Lipinski definition) is 4. The smallest absolute Gasteiger partial charge is 0.341 e. The number of carbonyl (C=O) groups is 2. The van der Waals surface area contributed by atoms with E-state index in [1.54, 1.807) is 24.3 Å². The summed E-state index contributed by atoms with van der Waals surface area (Å²) < 4.78 is 5.58. The zero-order valence-electron chi connectivity index (χ0n) is 13.5. The minimum atomic E-state index is -1.10. The fourth-order valence-electron chi connectivity index (χ4n) is 2.38. The van der Waals surface area contributed by atoms with Crippen LogP contribution in [0.5, 0.6) is 11.6 Å². The number of ketones is 1. The van der Waals surface area contributed by atoms with Gasteiger partial charge in [0.1, 0.15) is 11.3 Å². The summed E-state index contributed by atoms with van der Waals surface area (Å²) in [6.07, 6.45) is 1.48. The van der Waals surface area contributed by atoms with Crippen LogP contribution < -0.4 is 4.74 Å². The second kappa shape index (κ2) is 6.97. The Bertz CT molecular complexity index is 932. The van der Waals surface area contributed by atoms with Crippen molar-refractivity contribution in [2.24, 2.45) is 0 Å². The zero-order chi connectivity index (χ0) is 17.8. The lowest BCUT2D eigenvalue weighted by atomic mass is 10.0. The molecule has 1 heterocycles. The fourth-order valence-corrected chi connectivity index (χ4v) is 2.38. The van der Waals surface area contributed by atoms with Crippen LogP contribution in [-0.2, 0) is 0 Å². The highest BCUT2D eigenvalue weighted by atomic mass is 16.5. The first kappa shape index (κ1) is 16.4. The molecule has 0 aliphatic rings. The third-order valence-corrected chi connectivity index (χ3v) is 3.67. The Balaban J connectivity index is 1.85. The number of aromatic carboxylic acids is 1. The Morgan fingerprint density at radius 2 is 1.72 bits per heavy atom. The first-order chi connectivity index (χ1) is 12.0. The predicted molar refractivity (Wildman–Crippen MR) is 93.2 cm³/mol. The van der Waals surface area contributed by atoms with Gasteiger partial charge in [-0.15, -0.1) is 0 Å². The maximum atomic E-state index is 11.5. The summed E-state index contributed by atoms with van der Waals surface area (Å²) in [7, 11) is 0. The van der Waals surface area contributed by atoms with Crippen LogP contribution in [0.2, 0.25) is 0 Å². The Kier molecular flexibility index (Phi) is 4.57. The number of nitrogens with zero attached hydrogens (tertiary/aromatic N) is 1. The van der Waals surface area contributed by atoms with Gasteiger partial charge in [0.25, 0.3) is 0 Å². The summed E-state index contributed by atoms with van der Waals surface area (Å²) in [6.45, 7) is 1.53. The number of carboxylic acid groups (broad SMARTS) is 1. The van der Waals surface area contributed by atoms with E-state index in [0.717, 1.165) is 11.1 Å². The van der Waals surface area contributed by atoms with Gasteiger partial charge in [-0.1, -0.05) is 30.3 Å². The fraction of sp³-hybridized carbons (Fsp3) is 0.0500. The van der Waals surface area contributed by atoms with Crippen LogP contribution in [0.1, 0.15) is 27.6 Å². The summed E-state index contributed by atoms with van der Waals surface area (Å²) in [5.74, 6) is -0.562. The Morgan fingerprint density at radius 3 is 2.40 bits per heavy atom. The van der Waals surface area contributed by atoms with Crippen molar-refractivity contribution in [2.45, 2.75) is 6.92 Å². The summed E-state index contributed by atoms with van der Waals surface area (Å²) >= 11 is 0. The molecule has 0 unspecified atom stereocenters. The SMILES string of the molecule is CC(=O)c1cccc(-c2ccc(Oc3ncccc3C(=O)O)cc2)c1. The molecule has 5 heteroatoms. The van der Waals surface area contributed by atoms with Crippen molar-refractivity contribution >= 4 is 11.8 Å². The molecule has 0 aliphatic heterocycles. The second-order valence-corrected chi connectivity index (χ2v) is 5.42. The average molecular weight is 333 g/mol. The number of aromatic nitrogens is 1. The monoisotopic (exact) mass is 333 g/mol. The molecule has 1 N–H and O–H groups in total. The van der Waals surface area contributed by atoms with E-state index in [4.69, 9.17) is 9.84 Å². The lowest BCUT2D eigenvalue weighted by molar-refractivity contribution is 0.0693. The van der Waals surface area contributed by atoms with Crippen molar-refractivity contribution in [3.63, 3.8) is 0 Å². The number of carboxylic acids is 1. The molecule has 2 aromatic carbocycles. The quantitative estimate of drug-likeness (QED) is 0.698. The van der Waals surface area contributed by atoms with Crippen molar-refractivity contribution in [3.05, 3.63) is 78.0 Å². The molecule has 3 rings (SSSR count). The van der Waals surface area contributed by atoms with E-state index < -0.39 is 5.97 Å². The van der Waals surface area contributed by atoms with Gasteiger partial charge in [-0.3, -0.25) is 4.79 Å². The van der Waals surface area contributed by atoms with Crippen LogP contribution in [0.3, 0.4) is 0 Å². The molecule has 0 radical (unpaired) electrons. The molecule has 0 bridgehead atoms. The average Bonchev–Trinajstić information content (AvgIpc) is 2.63. The highest BCUT2D eigenvalue weighted by Crippen LogP contribution is 2.27. The minimum Gasteiger partial charge on any atom is -0.477 e. The summed E-state index contributed by atoms with van der Waals surface area (Å²) in [5.41, 5.74) is 2.50. The van der Waals surface area contributed by atoms with Crippen LogP contribution in [0.4, 0.5) is 0 Å². The largest absolute Gasteiger partial charge is 0.477 e. The molecule has 0 atom stereocenters. The highest BCUT2D eigenvalue weighted by Gasteiger charge is 2.12. The van der Waals surface area contributed by atoms with Crippen LogP contribution in [-0.4, -0.2) is 21.8 Å².